The monoisotopic (exact) mass is 379 g/mol. The summed E-state index contributed by atoms with van der Waals surface area (Å²) in [4.78, 5) is 21.7. The Morgan fingerprint density at radius 2 is 2.04 bits per heavy atom. The molecule has 5 nitrogen and oxygen atoms in total. The van der Waals surface area contributed by atoms with Crippen LogP contribution in [0.4, 0.5) is 13.2 Å². The standard InChI is InChI=1S/C19H20F3N3O2/c20-19(21,22)17-7-6-13(10-24-17)9-18(27)25(15-4-1-5-15)12-16(26)14-3-2-8-23-11-14/h2-3,6-8,10-11,15-16,26H,1,4-5,9,12H2/t16-/m1/s1. The van der Waals surface area contributed by atoms with Crippen LogP contribution in [0.1, 0.15) is 42.2 Å². The van der Waals surface area contributed by atoms with Crippen LogP contribution in [0.3, 0.4) is 0 Å². The number of rotatable bonds is 6. The Bertz CT molecular complexity index is 762. The van der Waals surface area contributed by atoms with Crippen LogP contribution in [0.25, 0.3) is 0 Å². The summed E-state index contributed by atoms with van der Waals surface area (Å²) < 4.78 is 37.8. The number of aliphatic hydroxyl groups excluding tert-OH is 1. The number of hydrogen-bond acceptors (Lipinski definition) is 4. The third-order valence-electron chi connectivity index (χ3n) is 4.75. The molecule has 1 atom stereocenters. The van der Waals surface area contributed by atoms with Crippen molar-refractivity contribution in [3.63, 3.8) is 0 Å². The SMILES string of the molecule is O=C(Cc1ccc(C(F)(F)F)nc1)N(C[C@@H](O)c1cccnc1)C1CCC1. The number of hydrogen-bond donors (Lipinski definition) is 1. The fraction of sp³-hybridized carbons (Fsp3) is 0.421. The molecule has 8 heteroatoms. The number of aromatic nitrogens is 2. The second kappa shape index (κ2) is 8.04. The van der Waals surface area contributed by atoms with E-state index in [0.717, 1.165) is 31.5 Å². The van der Waals surface area contributed by atoms with Crippen molar-refractivity contribution in [2.75, 3.05) is 6.54 Å². The first-order valence-electron chi connectivity index (χ1n) is 8.74. The number of aliphatic hydroxyl groups is 1. The van der Waals surface area contributed by atoms with E-state index in [2.05, 4.69) is 9.97 Å². The van der Waals surface area contributed by atoms with Crippen molar-refractivity contribution in [2.45, 2.75) is 44.0 Å². The summed E-state index contributed by atoms with van der Waals surface area (Å²) in [6.45, 7) is 0.128. The zero-order chi connectivity index (χ0) is 19.4. The van der Waals surface area contributed by atoms with E-state index >= 15 is 0 Å². The van der Waals surface area contributed by atoms with Gasteiger partial charge in [0.2, 0.25) is 5.91 Å². The lowest BCUT2D eigenvalue weighted by Crippen LogP contribution is -2.46. The molecule has 1 amide bonds. The van der Waals surface area contributed by atoms with Gasteiger partial charge in [-0.15, -0.1) is 0 Å². The van der Waals surface area contributed by atoms with Crippen molar-refractivity contribution < 1.29 is 23.1 Å². The predicted molar refractivity (Wildman–Crippen MR) is 91.5 cm³/mol. The third kappa shape index (κ3) is 4.82. The van der Waals surface area contributed by atoms with E-state index < -0.39 is 18.0 Å². The number of halogens is 3. The number of carbonyl (C=O) groups excluding carboxylic acids is 1. The Morgan fingerprint density at radius 3 is 2.56 bits per heavy atom. The Kier molecular flexibility index (Phi) is 5.74. The van der Waals surface area contributed by atoms with E-state index in [9.17, 15) is 23.1 Å². The van der Waals surface area contributed by atoms with Gasteiger partial charge in [-0.3, -0.25) is 14.8 Å². The fourth-order valence-corrected chi connectivity index (χ4v) is 2.99. The molecule has 3 rings (SSSR count). The topological polar surface area (TPSA) is 66.3 Å². The quantitative estimate of drug-likeness (QED) is 0.837. The highest BCUT2D eigenvalue weighted by Crippen LogP contribution is 2.29. The molecule has 1 aliphatic carbocycles. The summed E-state index contributed by atoms with van der Waals surface area (Å²) in [5.74, 6) is -0.232. The first-order chi connectivity index (χ1) is 12.8. The molecule has 1 saturated carbocycles. The van der Waals surface area contributed by atoms with Crippen molar-refractivity contribution in [3.05, 3.63) is 59.7 Å². The van der Waals surface area contributed by atoms with Gasteiger partial charge in [0.15, 0.2) is 0 Å². The largest absolute Gasteiger partial charge is 0.433 e. The summed E-state index contributed by atoms with van der Waals surface area (Å²) in [7, 11) is 0. The summed E-state index contributed by atoms with van der Waals surface area (Å²) in [5.41, 5.74) is 0.0422. The minimum atomic E-state index is -4.51. The van der Waals surface area contributed by atoms with Gasteiger partial charge in [0.25, 0.3) is 0 Å². The molecule has 0 aromatic carbocycles. The van der Waals surface area contributed by atoms with Crippen molar-refractivity contribution in [1.29, 1.82) is 0 Å². The zero-order valence-electron chi connectivity index (χ0n) is 14.6. The maximum absolute atomic E-state index is 12.7. The minimum absolute atomic E-state index is 0.0474. The third-order valence-corrected chi connectivity index (χ3v) is 4.75. The minimum Gasteiger partial charge on any atom is -0.386 e. The van der Waals surface area contributed by atoms with Gasteiger partial charge < -0.3 is 10.0 Å². The first-order valence-corrected chi connectivity index (χ1v) is 8.74. The number of amides is 1. The maximum Gasteiger partial charge on any atom is 0.433 e. The molecular formula is C19H20F3N3O2. The molecule has 144 valence electrons. The van der Waals surface area contributed by atoms with Crippen LogP contribution in [-0.4, -0.2) is 38.5 Å². The second-order valence-electron chi connectivity index (χ2n) is 6.66. The average Bonchev–Trinajstić information content (AvgIpc) is 2.60. The lowest BCUT2D eigenvalue weighted by Gasteiger charge is -2.38. The molecule has 2 heterocycles. The van der Waals surface area contributed by atoms with E-state index in [1.165, 1.54) is 6.07 Å². The van der Waals surface area contributed by atoms with Crippen LogP contribution in [0, 0.1) is 0 Å². The molecule has 1 fully saturated rings. The molecule has 0 saturated heterocycles. The number of alkyl halides is 3. The van der Waals surface area contributed by atoms with Crippen molar-refractivity contribution >= 4 is 5.91 Å². The van der Waals surface area contributed by atoms with Gasteiger partial charge in [-0.2, -0.15) is 13.2 Å². The van der Waals surface area contributed by atoms with Gasteiger partial charge in [0, 0.05) is 30.2 Å². The molecular weight excluding hydrogens is 359 g/mol. The Hall–Kier alpha value is -2.48. The highest BCUT2D eigenvalue weighted by molar-refractivity contribution is 5.79. The molecule has 1 aliphatic rings. The summed E-state index contributed by atoms with van der Waals surface area (Å²) in [6, 6.07) is 5.64. The summed E-state index contributed by atoms with van der Waals surface area (Å²) >= 11 is 0. The van der Waals surface area contributed by atoms with Gasteiger partial charge in [0.05, 0.1) is 19.1 Å². The molecule has 0 bridgehead atoms. The average molecular weight is 379 g/mol. The maximum atomic E-state index is 12.7. The van der Waals surface area contributed by atoms with Gasteiger partial charge in [0.1, 0.15) is 5.69 Å². The van der Waals surface area contributed by atoms with Crippen LogP contribution in [0.2, 0.25) is 0 Å². The van der Waals surface area contributed by atoms with Crippen LogP contribution in [0.5, 0.6) is 0 Å². The highest BCUT2D eigenvalue weighted by atomic mass is 19.4. The lowest BCUT2D eigenvalue weighted by molar-refractivity contribution is -0.141. The van der Waals surface area contributed by atoms with Crippen molar-refractivity contribution in [1.82, 2.24) is 14.9 Å². The van der Waals surface area contributed by atoms with E-state index in [1.807, 2.05) is 0 Å². The summed E-state index contributed by atoms with van der Waals surface area (Å²) in [5, 5.41) is 10.4. The molecule has 0 spiro atoms. The van der Waals surface area contributed by atoms with Crippen LogP contribution in [-0.2, 0) is 17.4 Å². The number of pyridine rings is 2. The molecule has 2 aromatic heterocycles. The zero-order valence-corrected chi connectivity index (χ0v) is 14.6. The van der Waals surface area contributed by atoms with E-state index in [-0.39, 0.29) is 24.9 Å². The fourth-order valence-electron chi connectivity index (χ4n) is 2.99. The smallest absolute Gasteiger partial charge is 0.386 e. The predicted octanol–water partition coefficient (Wildman–Crippen LogP) is 3.15. The Balaban J connectivity index is 1.68. The van der Waals surface area contributed by atoms with E-state index in [4.69, 9.17) is 0 Å². The van der Waals surface area contributed by atoms with Gasteiger partial charge >= 0.3 is 6.18 Å². The van der Waals surface area contributed by atoms with Gasteiger partial charge in [-0.05, 0) is 37.0 Å². The molecule has 2 aromatic rings. The normalized spacial score (nSPS) is 15.9. The highest BCUT2D eigenvalue weighted by Gasteiger charge is 2.33. The van der Waals surface area contributed by atoms with Crippen LogP contribution < -0.4 is 0 Å². The van der Waals surface area contributed by atoms with E-state index in [0.29, 0.717) is 11.1 Å². The van der Waals surface area contributed by atoms with Gasteiger partial charge in [-0.1, -0.05) is 12.1 Å². The summed E-state index contributed by atoms with van der Waals surface area (Å²) in [6.07, 6.45) is 1.53. The Morgan fingerprint density at radius 1 is 1.26 bits per heavy atom. The van der Waals surface area contributed by atoms with Crippen LogP contribution in [0.15, 0.2) is 42.9 Å². The van der Waals surface area contributed by atoms with Crippen LogP contribution >= 0.6 is 0 Å². The molecule has 0 radical (unpaired) electrons. The molecule has 0 aliphatic heterocycles. The lowest BCUT2D eigenvalue weighted by atomic mass is 9.90. The Labute approximate surface area is 154 Å². The van der Waals surface area contributed by atoms with E-state index in [1.54, 1.807) is 29.4 Å². The molecule has 0 unspecified atom stereocenters. The first kappa shape index (κ1) is 19.3. The molecule has 1 N–H and O–H groups in total. The van der Waals surface area contributed by atoms with Gasteiger partial charge in [-0.25, -0.2) is 0 Å². The second-order valence-corrected chi connectivity index (χ2v) is 6.66. The number of nitrogens with zero attached hydrogens (tertiary/aromatic N) is 3. The molecule has 27 heavy (non-hydrogen) atoms. The van der Waals surface area contributed by atoms with Crippen molar-refractivity contribution in [3.8, 4) is 0 Å². The number of carbonyl (C=O) groups is 1. The van der Waals surface area contributed by atoms with Crippen molar-refractivity contribution in [2.24, 2.45) is 0 Å².